The molecule has 0 spiro atoms. The number of para-hydroxylation sites is 1. The molecule has 0 aromatic heterocycles. The molecule has 1 nitrogen and oxygen atoms in total. The number of anilines is 1. The third-order valence-corrected chi connectivity index (χ3v) is 1.63. The van der Waals surface area contributed by atoms with E-state index in [1.54, 1.807) is 0 Å². The number of nitrogens with two attached hydrogens (primary N) is 1. The van der Waals surface area contributed by atoms with E-state index in [1.807, 2.05) is 24.3 Å². The zero-order valence-corrected chi connectivity index (χ0v) is 12.1. The van der Waals surface area contributed by atoms with E-state index < -0.39 is 21.8 Å². The molecule has 0 atom stereocenters. The number of nitrogen functional groups attached to an aromatic ring is 1. The molecule has 24 heavy (non-hydrogen) atoms. The van der Waals surface area contributed by atoms with Crippen molar-refractivity contribution in [2.45, 2.75) is 0 Å². The standard InChI is InChI=1S/C6H6BrN.3BF4.K.H/c7-5-3-1-2-4-6(5)8;3*2-1(3,4)5;;/h1-4H,8H2;;;;;/q;3*-1;;. The summed E-state index contributed by atoms with van der Waals surface area (Å²) >= 11 is 3.27. The summed E-state index contributed by atoms with van der Waals surface area (Å²) in [4.78, 5) is 0. The number of hydrogen-bond acceptors (Lipinski definition) is 1. The summed E-state index contributed by atoms with van der Waals surface area (Å²) in [5.74, 6) is 0. The first-order chi connectivity index (χ1) is 9.80. The van der Waals surface area contributed by atoms with Gasteiger partial charge in [0.2, 0.25) is 0 Å². The van der Waals surface area contributed by atoms with Gasteiger partial charge < -0.3 is 57.5 Å². The molecule has 0 bridgehead atoms. The Morgan fingerprint density at radius 3 is 0.958 bits per heavy atom. The van der Waals surface area contributed by atoms with Crippen LogP contribution in [0.5, 0.6) is 0 Å². The Morgan fingerprint density at radius 2 is 0.833 bits per heavy atom. The van der Waals surface area contributed by atoms with E-state index in [0.717, 1.165) is 10.2 Å². The van der Waals surface area contributed by atoms with Crippen LogP contribution in [0.2, 0.25) is 0 Å². The van der Waals surface area contributed by atoms with Crippen LogP contribution in [0, 0.1) is 0 Å². The van der Waals surface area contributed by atoms with Gasteiger partial charge in [0.25, 0.3) is 0 Å². The van der Waals surface area contributed by atoms with Crippen LogP contribution in [-0.4, -0.2) is 73.1 Å². The number of rotatable bonds is 0. The fraction of sp³-hybridized carbons (Fsp3) is 0. The van der Waals surface area contributed by atoms with E-state index in [2.05, 4.69) is 15.9 Å². The maximum atomic E-state index is 9.75. The number of hydrogen-bond donors (Lipinski definition) is 1. The summed E-state index contributed by atoms with van der Waals surface area (Å²) in [6.45, 7) is 0. The quantitative estimate of drug-likeness (QED) is 0.310. The molecule has 0 radical (unpaired) electrons. The molecule has 1 aromatic carbocycles. The van der Waals surface area contributed by atoms with Gasteiger partial charge in [-0.05, 0) is 28.1 Å². The van der Waals surface area contributed by atoms with Gasteiger partial charge in [-0.15, -0.1) is 0 Å². The van der Waals surface area contributed by atoms with E-state index in [1.165, 1.54) is 0 Å². The maximum absolute atomic E-state index is 9.75. The predicted octanol–water partition coefficient (Wildman–Crippen LogP) is 5.28. The molecule has 2 N–H and O–H groups in total. The van der Waals surface area contributed by atoms with Crippen LogP contribution < -0.4 is 5.73 Å². The summed E-state index contributed by atoms with van der Waals surface area (Å²) in [5.41, 5.74) is 6.26. The van der Waals surface area contributed by atoms with Gasteiger partial charge in [0, 0.05) is 10.2 Å². The van der Waals surface area contributed by atoms with Crippen LogP contribution in [0.1, 0.15) is 0 Å². The second-order valence-electron chi connectivity index (χ2n) is 3.01. The number of halogens is 13. The molecule has 0 unspecified atom stereocenters. The number of benzene rings is 1. The summed E-state index contributed by atoms with van der Waals surface area (Å²) in [5, 5.41) is 0. The third-order valence-electron chi connectivity index (χ3n) is 0.905. The molecule has 1 aromatic rings. The van der Waals surface area contributed by atoms with Crippen molar-refractivity contribution in [2.75, 3.05) is 5.73 Å². The second-order valence-corrected chi connectivity index (χ2v) is 3.86. The first-order valence-electron chi connectivity index (χ1n) is 4.92. The van der Waals surface area contributed by atoms with Gasteiger partial charge in [0.05, 0.1) is 0 Å². The fourth-order valence-electron chi connectivity index (χ4n) is 0.475. The fourth-order valence-corrected chi connectivity index (χ4v) is 0.760. The average Bonchev–Trinajstić information content (AvgIpc) is 2.14. The molecule has 18 heteroatoms. The topological polar surface area (TPSA) is 26.0 Å². The van der Waals surface area contributed by atoms with Gasteiger partial charge in [0.1, 0.15) is 0 Å². The third kappa shape index (κ3) is 78.7. The molecule has 0 aliphatic carbocycles. The molecule has 1 rings (SSSR count). The zero-order chi connectivity index (χ0) is 19.5. The molecule has 0 heterocycles. The Bertz CT molecular complexity index is 357. The Morgan fingerprint density at radius 1 is 0.625 bits per heavy atom. The minimum atomic E-state index is -6.00. The minimum absolute atomic E-state index is 0. The Kier molecular flexibility index (Phi) is 19.6. The van der Waals surface area contributed by atoms with Gasteiger partial charge in [-0.1, -0.05) is 12.1 Å². The van der Waals surface area contributed by atoms with Crippen LogP contribution >= 0.6 is 15.9 Å². The molecule has 0 saturated carbocycles. The van der Waals surface area contributed by atoms with Crippen molar-refractivity contribution >= 4 is 94.8 Å². The van der Waals surface area contributed by atoms with E-state index in [0.29, 0.717) is 0 Å². The van der Waals surface area contributed by atoms with Crippen molar-refractivity contribution in [1.82, 2.24) is 0 Å². The van der Waals surface area contributed by atoms with E-state index in [4.69, 9.17) is 5.73 Å². The van der Waals surface area contributed by atoms with Crippen LogP contribution in [0.15, 0.2) is 28.7 Å². The Labute approximate surface area is 179 Å². The molecular weight excluding hydrogens is 465 g/mol. The molecule has 0 amide bonds. The van der Waals surface area contributed by atoms with Gasteiger partial charge >= 0.3 is 73.1 Å². The first kappa shape index (κ1) is 32.2. The van der Waals surface area contributed by atoms with Gasteiger partial charge in [-0.25, -0.2) is 0 Å². The second kappa shape index (κ2) is 14.6. The van der Waals surface area contributed by atoms with E-state index in [9.17, 15) is 51.8 Å². The molecule has 140 valence electrons. The zero-order valence-electron chi connectivity index (χ0n) is 10.5. The van der Waals surface area contributed by atoms with Crippen molar-refractivity contribution in [1.29, 1.82) is 0 Å². The molecule has 0 saturated heterocycles. The molecule has 0 fully saturated rings. The SMILES string of the molecule is F[B-](F)(F)F.F[B-](F)(F)F.F[B-](F)(F)F.Nc1ccccc1Br.[KH]. The summed E-state index contributed by atoms with van der Waals surface area (Å²) in [6.07, 6.45) is 0. The van der Waals surface area contributed by atoms with E-state index >= 15 is 0 Å². The van der Waals surface area contributed by atoms with Crippen molar-refractivity contribution in [3.8, 4) is 0 Å². The first-order valence-corrected chi connectivity index (χ1v) is 5.72. The van der Waals surface area contributed by atoms with Gasteiger partial charge in [-0.3, -0.25) is 0 Å². The van der Waals surface area contributed by atoms with Crippen LogP contribution in [0.4, 0.5) is 57.5 Å². The van der Waals surface area contributed by atoms with Crippen molar-refractivity contribution < 1.29 is 51.8 Å². The molecular formula is C6H7B3BrF12KN-3. The van der Waals surface area contributed by atoms with E-state index in [-0.39, 0.29) is 51.4 Å². The monoisotopic (exact) mass is 472 g/mol. The van der Waals surface area contributed by atoms with Gasteiger partial charge in [0.15, 0.2) is 0 Å². The van der Waals surface area contributed by atoms with Crippen molar-refractivity contribution in [3.05, 3.63) is 28.7 Å². The van der Waals surface area contributed by atoms with Gasteiger partial charge in [-0.2, -0.15) is 0 Å². The Balaban J connectivity index is -0.000000113. The van der Waals surface area contributed by atoms with Crippen LogP contribution in [0.25, 0.3) is 0 Å². The summed E-state index contributed by atoms with van der Waals surface area (Å²) in [6, 6.07) is 7.60. The molecule has 0 aliphatic heterocycles. The van der Waals surface area contributed by atoms with Crippen LogP contribution in [0.3, 0.4) is 0 Å². The van der Waals surface area contributed by atoms with Crippen molar-refractivity contribution in [2.24, 2.45) is 0 Å². The van der Waals surface area contributed by atoms with Crippen molar-refractivity contribution in [3.63, 3.8) is 0 Å². The predicted molar refractivity (Wildman–Crippen MR) is 76.3 cm³/mol. The summed E-state index contributed by atoms with van der Waals surface area (Å²) in [7, 11) is -18.0. The normalized spacial score (nSPS) is 10.5. The van der Waals surface area contributed by atoms with Crippen LogP contribution in [-0.2, 0) is 0 Å². The average molecular weight is 473 g/mol. The molecule has 0 aliphatic rings. The summed E-state index contributed by atoms with van der Waals surface area (Å²) < 4.78 is 118. The Hall–Kier alpha value is 0.491.